The summed E-state index contributed by atoms with van der Waals surface area (Å²) in [4.78, 5) is 14.1. The second-order valence-electron chi connectivity index (χ2n) is 14.7. The van der Waals surface area contributed by atoms with Crippen LogP contribution in [0.4, 0.5) is 14.6 Å². The van der Waals surface area contributed by atoms with Crippen LogP contribution < -0.4 is 15.0 Å². The van der Waals surface area contributed by atoms with Crippen molar-refractivity contribution in [2.75, 3.05) is 45.4 Å². The van der Waals surface area contributed by atoms with E-state index in [9.17, 15) is 5.11 Å². The molecule has 4 aromatic rings. The molecule has 4 heterocycles. The van der Waals surface area contributed by atoms with E-state index in [1.807, 2.05) is 32.2 Å². The van der Waals surface area contributed by atoms with Crippen molar-refractivity contribution in [1.29, 1.82) is 0 Å². The Kier molecular flexibility index (Phi) is 7.50. The van der Waals surface area contributed by atoms with Gasteiger partial charge in [0.2, 0.25) is 0 Å². The third kappa shape index (κ3) is 4.68. The molecule has 5 aliphatic rings. The molecule has 2 N–H and O–H groups in total. The highest BCUT2D eigenvalue weighted by Crippen LogP contribution is 2.68. The number of nitrogens with one attached hydrogen (secondary N) is 1. The molecule has 9 rings (SSSR count). The lowest BCUT2D eigenvalue weighted by atomic mass is 9.41. The maximum atomic E-state index is 17.0. The number of likely N-dealkylation sites (tertiary alicyclic amines) is 1. The maximum Gasteiger partial charge on any atom is 0.319 e. The zero-order chi connectivity index (χ0) is 33.6. The number of rotatable bonds is 10. The van der Waals surface area contributed by atoms with Crippen molar-refractivity contribution >= 4 is 27.5 Å². The predicted octanol–water partition coefficient (Wildman–Crippen LogP) is 5.58. The van der Waals surface area contributed by atoms with E-state index in [0.717, 1.165) is 31.4 Å². The van der Waals surface area contributed by atoms with Crippen molar-refractivity contribution < 1.29 is 28.1 Å². The van der Waals surface area contributed by atoms with Gasteiger partial charge in [-0.05, 0) is 78.6 Å². The molecule has 1 aromatic heterocycles. The van der Waals surface area contributed by atoms with Crippen LogP contribution in [-0.4, -0.2) is 96.8 Å². The number of phenolic OH excluding ortho intramolecular Hbond substituents is 1. The molecule has 0 radical (unpaired) electrons. The van der Waals surface area contributed by atoms with Gasteiger partial charge in [-0.3, -0.25) is 4.90 Å². The highest BCUT2D eigenvalue weighted by atomic mass is 19.1. The number of ether oxygens (including phenoxy) is 3. The number of anilines is 1. The van der Waals surface area contributed by atoms with Crippen molar-refractivity contribution in [2.45, 2.75) is 81.8 Å². The van der Waals surface area contributed by atoms with Crippen LogP contribution in [0.25, 0.3) is 32.8 Å². The van der Waals surface area contributed by atoms with Crippen molar-refractivity contribution in [1.82, 2.24) is 20.2 Å². The summed E-state index contributed by atoms with van der Waals surface area (Å²) in [6.07, 6.45) is 6.30. The van der Waals surface area contributed by atoms with Crippen LogP contribution in [0.2, 0.25) is 0 Å². The lowest BCUT2D eigenvalue weighted by molar-refractivity contribution is -0.329. The van der Waals surface area contributed by atoms with E-state index in [1.165, 1.54) is 25.0 Å². The van der Waals surface area contributed by atoms with Gasteiger partial charge in [-0.15, -0.1) is 0 Å². The lowest BCUT2D eigenvalue weighted by Gasteiger charge is -2.79. The lowest BCUT2D eigenvalue weighted by Crippen LogP contribution is -2.87. The number of benzene rings is 3. The SMILES string of the molecule is CCc1cccc2cc(O)cc(-c3c(F)cc4c(N5CC6CCC(C5)N6)nc(OCC(CN5C6CCC67C(OC)CC57)OC)nc4c3F)c12. The molecule has 9 nitrogen and oxygen atoms in total. The van der Waals surface area contributed by atoms with Crippen LogP contribution in [0, 0.1) is 17.0 Å². The first-order valence-electron chi connectivity index (χ1n) is 17.7. The Labute approximate surface area is 284 Å². The molecule has 3 aliphatic heterocycles. The summed E-state index contributed by atoms with van der Waals surface area (Å²) in [7, 11) is 3.50. The molecule has 5 fully saturated rings. The Morgan fingerprint density at radius 2 is 1.88 bits per heavy atom. The zero-order valence-corrected chi connectivity index (χ0v) is 28.2. The van der Waals surface area contributed by atoms with Crippen LogP contribution in [0.5, 0.6) is 11.8 Å². The van der Waals surface area contributed by atoms with E-state index < -0.39 is 11.6 Å². The van der Waals surface area contributed by atoms with Gasteiger partial charge in [0.25, 0.3) is 0 Å². The van der Waals surface area contributed by atoms with Gasteiger partial charge in [-0.1, -0.05) is 25.1 Å². The molecule has 2 bridgehead atoms. The Bertz CT molecular complexity index is 1940. The minimum Gasteiger partial charge on any atom is -0.508 e. The summed E-state index contributed by atoms with van der Waals surface area (Å²) in [5, 5.41) is 16.0. The molecule has 7 atom stereocenters. The first-order chi connectivity index (χ1) is 23.8. The van der Waals surface area contributed by atoms with Crippen LogP contribution in [0.3, 0.4) is 0 Å². The number of aromatic nitrogens is 2. The van der Waals surface area contributed by atoms with Crippen molar-refractivity contribution in [3.63, 3.8) is 0 Å². The third-order valence-electron chi connectivity index (χ3n) is 12.4. The number of aromatic hydroxyl groups is 1. The second-order valence-corrected chi connectivity index (χ2v) is 14.7. The summed E-state index contributed by atoms with van der Waals surface area (Å²) in [6.45, 7) is 4.26. The van der Waals surface area contributed by atoms with Gasteiger partial charge < -0.3 is 29.5 Å². The number of piperazine rings is 1. The summed E-state index contributed by atoms with van der Waals surface area (Å²) in [6, 6.07) is 11.7. The van der Waals surface area contributed by atoms with E-state index in [4.69, 9.17) is 19.2 Å². The number of hydrogen-bond donors (Lipinski definition) is 2. The molecule has 3 saturated heterocycles. The predicted molar refractivity (Wildman–Crippen MR) is 183 cm³/mol. The fourth-order valence-corrected chi connectivity index (χ4v) is 9.95. The van der Waals surface area contributed by atoms with Crippen molar-refractivity contribution in [3.05, 3.63) is 53.6 Å². The highest BCUT2D eigenvalue weighted by Gasteiger charge is 2.75. The average Bonchev–Trinajstić information content (AvgIpc) is 3.41. The van der Waals surface area contributed by atoms with Crippen LogP contribution >= 0.6 is 0 Å². The van der Waals surface area contributed by atoms with Gasteiger partial charge in [0.1, 0.15) is 35.6 Å². The van der Waals surface area contributed by atoms with E-state index in [2.05, 4.69) is 20.1 Å². The van der Waals surface area contributed by atoms with E-state index >= 15 is 8.78 Å². The molecule has 1 spiro atoms. The summed E-state index contributed by atoms with van der Waals surface area (Å²) in [5.41, 5.74) is 1.30. The van der Waals surface area contributed by atoms with Gasteiger partial charge in [0.15, 0.2) is 5.82 Å². The number of hydrogen-bond acceptors (Lipinski definition) is 9. The molecule has 0 amide bonds. The Balaban J connectivity index is 1.09. The maximum absolute atomic E-state index is 17.0. The third-order valence-corrected chi connectivity index (χ3v) is 12.4. The molecular formula is C38H43F2N5O4. The quantitative estimate of drug-likeness (QED) is 0.224. The van der Waals surface area contributed by atoms with E-state index in [-0.39, 0.29) is 47.6 Å². The molecule has 11 heteroatoms. The number of nitrogens with zero attached hydrogens (tertiary/aromatic N) is 4. The monoisotopic (exact) mass is 671 g/mol. The Morgan fingerprint density at radius 3 is 2.57 bits per heavy atom. The van der Waals surface area contributed by atoms with Gasteiger partial charge in [-0.2, -0.15) is 9.97 Å². The molecule has 49 heavy (non-hydrogen) atoms. The topological polar surface area (TPSA) is 92.2 Å². The summed E-state index contributed by atoms with van der Waals surface area (Å²) < 4.78 is 51.2. The van der Waals surface area contributed by atoms with Crippen LogP contribution in [0.1, 0.15) is 44.6 Å². The first kappa shape index (κ1) is 31.3. The standard InChI is InChI=1S/C38H43F2N5O4/c1-4-20-6-5-7-21-12-24(46)13-26(32(20)21)33-28(39)14-27-35(34(33)40)42-37(43-36(27)44-16-22-8-9-23(17-44)41-22)49-19-25(47-2)18-45-29-10-11-38(29)30(45)15-31(38)48-3/h5-7,12-14,22-23,25,29-31,41,46H,4,8-11,15-19H2,1-3H3. The number of aryl methyl sites for hydroxylation is 1. The molecule has 2 aliphatic carbocycles. The van der Waals surface area contributed by atoms with Gasteiger partial charge in [-0.25, -0.2) is 8.78 Å². The molecular weight excluding hydrogens is 628 g/mol. The first-order valence-corrected chi connectivity index (χ1v) is 17.7. The number of phenols is 1. The summed E-state index contributed by atoms with van der Waals surface area (Å²) in [5.74, 6) is -1.13. The number of halogens is 2. The van der Waals surface area contributed by atoms with Gasteiger partial charge >= 0.3 is 6.01 Å². The zero-order valence-electron chi connectivity index (χ0n) is 28.2. The van der Waals surface area contributed by atoms with Gasteiger partial charge in [0, 0.05) is 68.8 Å². The molecule has 3 aromatic carbocycles. The Hall–Kier alpha value is -3.64. The second kappa shape index (κ2) is 11.7. The highest BCUT2D eigenvalue weighted by molar-refractivity contribution is 6.03. The average molecular weight is 672 g/mol. The fourth-order valence-electron chi connectivity index (χ4n) is 9.95. The van der Waals surface area contributed by atoms with Crippen molar-refractivity contribution in [2.24, 2.45) is 5.41 Å². The number of piperidine rings is 2. The molecule has 2 saturated carbocycles. The molecule has 7 unspecified atom stereocenters. The van der Waals surface area contributed by atoms with E-state index in [0.29, 0.717) is 70.7 Å². The van der Waals surface area contributed by atoms with Gasteiger partial charge in [0.05, 0.1) is 11.7 Å². The van der Waals surface area contributed by atoms with Crippen LogP contribution in [-0.2, 0) is 15.9 Å². The largest absolute Gasteiger partial charge is 0.508 e. The normalized spacial score (nSPS) is 29.2. The summed E-state index contributed by atoms with van der Waals surface area (Å²) >= 11 is 0. The Morgan fingerprint density at radius 1 is 1.06 bits per heavy atom. The number of methoxy groups -OCH3 is 2. The number of fused-ring (bicyclic) bond motifs is 4. The van der Waals surface area contributed by atoms with Crippen LogP contribution in [0.15, 0.2) is 36.4 Å². The fraction of sp³-hybridized carbons (Fsp3) is 0.526. The minimum absolute atomic E-state index is 0.0104. The molecule has 258 valence electrons. The smallest absolute Gasteiger partial charge is 0.319 e. The van der Waals surface area contributed by atoms with Crippen molar-refractivity contribution in [3.8, 4) is 22.9 Å². The minimum atomic E-state index is -0.803. The van der Waals surface area contributed by atoms with E-state index in [1.54, 1.807) is 13.2 Å².